The molecule has 1 amide bonds. The number of pyridine rings is 1. The first-order valence-electron chi connectivity index (χ1n) is 8.68. The van der Waals surface area contributed by atoms with Gasteiger partial charge in [-0.25, -0.2) is 9.78 Å². The van der Waals surface area contributed by atoms with Crippen LogP contribution in [-0.4, -0.2) is 17.7 Å². The van der Waals surface area contributed by atoms with Gasteiger partial charge >= 0.3 is 6.09 Å². The standard InChI is InChI=1S/C22H17BrN2O2/c1-2-27-22(26)25-21-13-20(24-19-11-10-15(23)12-18(19)21)17-9-5-7-14-6-3-4-8-16(14)17/h3-13H,2H2,1H3,(H,24,25,26). The summed E-state index contributed by atoms with van der Waals surface area (Å²) >= 11 is 3.49. The zero-order valence-corrected chi connectivity index (χ0v) is 16.3. The molecule has 3 aromatic carbocycles. The number of halogens is 1. The molecule has 0 aliphatic rings. The van der Waals surface area contributed by atoms with Crippen LogP contribution in [0.25, 0.3) is 32.9 Å². The molecule has 0 saturated heterocycles. The van der Waals surface area contributed by atoms with Crippen molar-refractivity contribution in [2.75, 3.05) is 11.9 Å². The minimum atomic E-state index is -0.478. The third kappa shape index (κ3) is 3.51. The van der Waals surface area contributed by atoms with Crippen molar-refractivity contribution in [2.24, 2.45) is 0 Å². The Kier molecular flexibility index (Phi) is 4.77. The number of nitrogens with one attached hydrogen (secondary N) is 1. The van der Waals surface area contributed by atoms with Crippen LogP contribution >= 0.6 is 15.9 Å². The highest BCUT2D eigenvalue weighted by molar-refractivity contribution is 9.10. The zero-order chi connectivity index (χ0) is 18.8. The fourth-order valence-corrected chi connectivity index (χ4v) is 3.53. The van der Waals surface area contributed by atoms with Gasteiger partial charge in [0.1, 0.15) is 0 Å². The molecule has 1 aromatic heterocycles. The fourth-order valence-electron chi connectivity index (χ4n) is 3.17. The van der Waals surface area contributed by atoms with Gasteiger partial charge in [-0.2, -0.15) is 0 Å². The second-order valence-electron chi connectivity index (χ2n) is 6.09. The normalized spacial score (nSPS) is 10.9. The van der Waals surface area contributed by atoms with E-state index in [9.17, 15) is 4.79 Å². The van der Waals surface area contributed by atoms with Crippen LogP contribution in [0.15, 0.2) is 71.2 Å². The van der Waals surface area contributed by atoms with Gasteiger partial charge in [-0.1, -0.05) is 58.4 Å². The van der Waals surface area contributed by atoms with E-state index in [-0.39, 0.29) is 0 Å². The Morgan fingerprint density at radius 3 is 2.70 bits per heavy atom. The van der Waals surface area contributed by atoms with E-state index in [0.29, 0.717) is 12.3 Å². The Hall–Kier alpha value is -2.92. The van der Waals surface area contributed by atoms with E-state index in [4.69, 9.17) is 9.72 Å². The van der Waals surface area contributed by atoms with Crippen LogP contribution in [0.2, 0.25) is 0 Å². The van der Waals surface area contributed by atoms with Crippen molar-refractivity contribution in [2.45, 2.75) is 6.92 Å². The number of rotatable bonds is 3. The van der Waals surface area contributed by atoms with Gasteiger partial charge in [0.25, 0.3) is 0 Å². The van der Waals surface area contributed by atoms with Gasteiger partial charge in [-0.3, -0.25) is 5.32 Å². The summed E-state index contributed by atoms with van der Waals surface area (Å²) in [5, 5.41) is 5.96. The van der Waals surface area contributed by atoms with Gasteiger partial charge in [-0.05, 0) is 42.0 Å². The highest BCUT2D eigenvalue weighted by atomic mass is 79.9. The maximum atomic E-state index is 12.0. The largest absolute Gasteiger partial charge is 0.450 e. The van der Waals surface area contributed by atoms with Crippen molar-refractivity contribution in [1.29, 1.82) is 0 Å². The maximum absolute atomic E-state index is 12.0. The summed E-state index contributed by atoms with van der Waals surface area (Å²) in [6, 6.07) is 22.0. The number of ether oxygens (including phenoxy) is 1. The summed E-state index contributed by atoms with van der Waals surface area (Å²) in [7, 11) is 0. The lowest BCUT2D eigenvalue weighted by Gasteiger charge is -2.13. The van der Waals surface area contributed by atoms with E-state index in [1.54, 1.807) is 6.92 Å². The molecule has 0 unspecified atom stereocenters. The van der Waals surface area contributed by atoms with Gasteiger partial charge in [0.05, 0.1) is 23.5 Å². The molecule has 1 N–H and O–H groups in total. The summed E-state index contributed by atoms with van der Waals surface area (Å²) < 4.78 is 5.98. The van der Waals surface area contributed by atoms with Gasteiger partial charge in [-0.15, -0.1) is 0 Å². The fraction of sp³-hybridized carbons (Fsp3) is 0.0909. The molecule has 0 radical (unpaired) electrons. The molecule has 0 aliphatic heterocycles. The van der Waals surface area contributed by atoms with Crippen LogP contribution in [-0.2, 0) is 4.74 Å². The number of benzene rings is 3. The smallest absolute Gasteiger partial charge is 0.411 e. The van der Waals surface area contributed by atoms with Crippen LogP contribution in [0.5, 0.6) is 0 Å². The molecule has 4 aromatic rings. The number of aromatic nitrogens is 1. The minimum absolute atomic E-state index is 0.314. The van der Waals surface area contributed by atoms with Gasteiger partial charge in [0.15, 0.2) is 0 Å². The summed E-state index contributed by atoms with van der Waals surface area (Å²) in [4.78, 5) is 16.9. The van der Waals surface area contributed by atoms with E-state index in [0.717, 1.165) is 37.4 Å². The summed E-state index contributed by atoms with van der Waals surface area (Å²) in [6.45, 7) is 2.09. The van der Waals surface area contributed by atoms with Crippen molar-refractivity contribution < 1.29 is 9.53 Å². The maximum Gasteiger partial charge on any atom is 0.411 e. The van der Waals surface area contributed by atoms with E-state index < -0.39 is 6.09 Å². The first-order valence-corrected chi connectivity index (χ1v) is 9.47. The molecule has 0 spiro atoms. The van der Waals surface area contributed by atoms with Crippen LogP contribution in [0, 0.1) is 0 Å². The molecule has 27 heavy (non-hydrogen) atoms. The van der Waals surface area contributed by atoms with Crippen LogP contribution in [0.3, 0.4) is 0 Å². The van der Waals surface area contributed by atoms with Crippen LogP contribution in [0.1, 0.15) is 6.92 Å². The Labute approximate surface area is 165 Å². The lowest BCUT2D eigenvalue weighted by atomic mass is 10.0. The Morgan fingerprint density at radius 2 is 1.85 bits per heavy atom. The monoisotopic (exact) mass is 420 g/mol. The van der Waals surface area contributed by atoms with E-state index >= 15 is 0 Å². The number of hydrogen-bond acceptors (Lipinski definition) is 3. The molecule has 0 saturated carbocycles. The van der Waals surface area contributed by atoms with E-state index in [1.807, 2.05) is 48.5 Å². The molecule has 0 bridgehead atoms. The molecule has 0 atom stereocenters. The van der Waals surface area contributed by atoms with E-state index in [1.165, 1.54) is 0 Å². The molecule has 0 fully saturated rings. The molecule has 4 rings (SSSR count). The molecule has 4 nitrogen and oxygen atoms in total. The van der Waals surface area contributed by atoms with Crippen molar-refractivity contribution >= 4 is 49.4 Å². The van der Waals surface area contributed by atoms with Crippen molar-refractivity contribution in [3.63, 3.8) is 0 Å². The van der Waals surface area contributed by atoms with Gasteiger partial charge < -0.3 is 4.74 Å². The lowest BCUT2D eigenvalue weighted by Crippen LogP contribution is -2.13. The Morgan fingerprint density at radius 1 is 1.04 bits per heavy atom. The number of fused-ring (bicyclic) bond motifs is 2. The molecule has 0 aliphatic carbocycles. The van der Waals surface area contributed by atoms with Crippen molar-refractivity contribution in [3.8, 4) is 11.3 Å². The van der Waals surface area contributed by atoms with E-state index in [2.05, 4.69) is 39.4 Å². The first-order chi connectivity index (χ1) is 13.2. The topological polar surface area (TPSA) is 51.2 Å². The lowest BCUT2D eigenvalue weighted by molar-refractivity contribution is 0.168. The average molecular weight is 421 g/mol. The second-order valence-corrected chi connectivity index (χ2v) is 7.00. The predicted molar refractivity (Wildman–Crippen MR) is 113 cm³/mol. The number of hydrogen-bond donors (Lipinski definition) is 1. The molecular formula is C22H17BrN2O2. The highest BCUT2D eigenvalue weighted by Gasteiger charge is 2.13. The second kappa shape index (κ2) is 7.37. The average Bonchev–Trinajstić information content (AvgIpc) is 2.68. The minimum Gasteiger partial charge on any atom is -0.450 e. The predicted octanol–water partition coefficient (Wildman–Crippen LogP) is 6.39. The van der Waals surface area contributed by atoms with Crippen LogP contribution < -0.4 is 5.32 Å². The molecule has 134 valence electrons. The Balaban J connectivity index is 1.93. The van der Waals surface area contributed by atoms with Crippen LogP contribution in [0.4, 0.5) is 10.5 Å². The first kappa shape index (κ1) is 17.5. The number of nitrogens with zero attached hydrogens (tertiary/aromatic N) is 1. The van der Waals surface area contributed by atoms with Gasteiger partial charge in [0.2, 0.25) is 0 Å². The third-order valence-electron chi connectivity index (χ3n) is 4.35. The molecule has 5 heteroatoms. The summed E-state index contributed by atoms with van der Waals surface area (Å²) in [6.07, 6.45) is -0.478. The van der Waals surface area contributed by atoms with Crippen molar-refractivity contribution in [1.82, 2.24) is 4.98 Å². The number of amides is 1. The zero-order valence-electron chi connectivity index (χ0n) is 14.7. The molecule has 1 heterocycles. The van der Waals surface area contributed by atoms with Crippen molar-refractivity contribution in [3.05, 3.63) is 71.2 Å². The number of carbonyl (C=O) groups is 1. The summed E-state index contributed by atoms with van der Waals surface area (Å²) in [5.74, 6) is 0. The highest BCUT2D eigenvalue weighted by Crippen LogP contribution is 2.33. The Bertz CT molecular complexity index is 1150. The van der Waals surface area contributed by atoms with Gasteiger partial charge in [0, 0.05) is 15.4 Å². The summed E-state index contributed by atoms with van der Waals surface area (Å²) in [5.41, 5.74) is 3.29. The number of carbonyl (C=O) groups excluding carboxylic acids is 1. The number of anilines is 1. The SMILES string of the molecule is CCOC(=O)Nc1cc(-c2cccc3ccccc23)nc2ccc(Br)cc12. The molecular weight excluding hydrogens is 404 g/mol. The quantitative estimate of drug-likeness (QED) is 0.417. The third-order valence-corrected chi connectivity index (χ3v) is 4.84.